The Kier molecular flexibility index (Phi) is 4.33. The van der Waals surface area contributed by atoms with Crippen LogP contribution in [-0.2, 0) is 22.0 Å². The zero-order valence-electron chi connectivity index (χ0n) is 14.5. The van der Waals surface area contributed by atoms with Gasteiger partial charge in [0.2, 0.25) is 10.0 Å². The molecule has 8 heteroatoms. The highest BCUT2D eigenvalue weighted by molar-refractivity contribution is 7.92. The number of fused-ring (bicyclic) bond motifs is 3. The summed E-state index contributed by atoms with van der Waals surface area (Å²) in [5.41, 5.74) is 0.464. The molecule has 1 atom stereocenters. The molecule has 1 saturated heterocycles. The molecular formula is C19H19F3N2O2S. The van der Waals surface area contributed by atoms with Crippen LogP contribution in [0.15, 0.2) is 48.5 Å². The summed E-state index contributed by atoms with van der Waals surface area (Å²) in [6.07, 6.45) is -2.79. The summed E-state index contributed by atoms with van der Waals surface area (Å²) in [6, 6.07) is 12.1. The largest absolute Gasteiger partial charge is 0.416 e. The average Bonchev–Trinajstić information content (AvgIpc) is 3.09. The number of hydrogen-bond donors (Lipinski definition) is 0. The van der Waals surface area contributed by atoms with E-state index < -0.39 is 21.8 Å². The van der Waals surface area contributed by atoms with Crippen molar-refractivity contribution in [2.75, 3.05) is 22.3 Å². The molecule has 1 unspecified atom stereocenters. The van der Waals surface area contributed by atoms with E-state index in [0.717, 1.165) is 31.5 Å². The van der Waals surface area contributed by atoms with E-state index in [1.54, 1.807) is 30.3 Å². The van der Waals surface area contributed by atoms with E-state index in [2.05, 4.69) is 0 Å². The van der Waals surface area contributed by atoms with E-state index in [1.165, 1.54) is 10.4 Å². The van der Waals surface area contributed by atoms with Crippen molar-refractivity contribution in [1.29, 1.82) is 0 Å². The van der Waals surface area contributed by atoms with Gasteiger partial charge in [0.05, 0.1) is 29.2 Å². The maximum Gasteiger partial charge on any atom is 0.416 e. The second-order valence-corrected chi connectivity index (χ2v) is 8.86. The third-order valence-electron chi connectivity index (χ3n) is 5.16. The predicted molar refractivity (Wildman–Crippen MR) is 98.2 cm³/mol. The molecular weight excluding hydrogens is 377 g/mol. The minimum absolute atomic E-state index is 0.000199. The number of alkyl halides is 3. The molecule has 2 aliphatic heterocycles. The van der Waals surface area contributed by atoms with Crippen LogP contribution >= 0.6 is 0 Å². The predicted octanol–water partition coefficient (Wildman–Crippen LogP) is 4.02. The lowest BCUT2D eigenvalue weighted by molar-refractivity contribution is -0.137. The van der Waals surface area contributed by atoms with Gasteiger partial charge in [-0.05, 0) is 36.6 Å². The first kappa shape index (κ1) is 18.2. The van der Waals surface area contributed by atoms with Crippen molar-refractivity contribution in [2.24, 2.45) is 0 Å². The Bertz CT molecular complexity index is 945. The number of halogens is 3. The average molecular weight is 396 g/mol. The highest BCUT2D eigenvalue weighted by Crippen LogP contribution is 2.44. The Hall–Kier alpha value is -2.22. The topological polar surface area (TPSA) is 40.6 Å². The van der Waals surface area contributed by atoms with Gasteiger partial charge in [-0.2, -0.15) is 13.2 Å². The summed E-state index contributed by atoms with van der Waals surface area (Å²) < 4.78 is 67.0. The molecule has 0 aromatic heterocycles. The SMILES string of the molecule is O=S(=O)(Cc1ccccc1)N1CC2CCCN2c2ccc(C(F)(F)F)cc21. The van der Waals surface area contributed by atoms with Crippen LogP contribution in [0, 0.1) is 0 Å². The fourth-order valence-electron chi connectivity index (χ4n) is 3.90. The molecule has 4 nitrogen and oxygen atoms in total. The molecule has 0 aliphatic carbocycles. The monoisotopic (exact) mass is 396 g/mol. The van der Waals surface area contributed by atoms with Crippen molar-refractivity contribution >= 4 is 21.4 Å². The minimum Gasteiger partial charge on any atom is -0.365 e. The van der Waals surface area contributed by atoms with Gasteiger partial charge in [0.15, 0.2) is 0 Å². The van der Waals surface area contributed by atoms with Crippen molar-refractivity contribution in [1.82, 2.24) is 0 Å². The van der Waals surface area contributed by atoms with E-state index in [9.17, 15) is 21.6 Å². The van der Waals surface area contributed by atoms with Crippen molar-refractivity contribution < 1.29 is 21.6 Å². The number of anilines is 2. The number of rotatable bonds is 3. The fourth-order valence-corrected chi connectivity index (χ4v) is 5.52. The fraction of sp³-hybridized carbons (Fsp3) is 0.368. The van der Waals surface area contributed by atoms with Gasteiger partial charge in [-0.3, -0.25) is 4.31 Å². The van der Waals surface area contributed by atoms with Gasteiger partial charge in [-0.15, -0.1) is 0 Å². The second-order valence-electron chi connectivity index (χ2n) is 6.96. The highest BCUT2D eigenvalue weighted by Gasteiger charge is 2.40. The van der Waals surface area contributed by atoms with Gasteiger partial charge in [0.1, 0.15) is 0 Å². The van der Waals surface area contributed by atoms with Crippen molar-refractivity contribution in [3.8, 4) is 0 Å². The quantitative estimate of drug-likeness (QED) is 0.787. The van der Waals surface area contributed by atoms with Gasteiger partial charge < -0.3 is 4.90 Å². The van der Waals surface area contributed by atoms with Crippen molar-refractivity contribution in [3.63, 3.8) is 0 Å². The van der Waals surface area contributed by atoms with E-state index in [4.69, 9.17) is 0 Å². The molecule has 0 bridgehead atoms. The lowest BCUT2D eigenvalue weighted by Crippen LogP contribution is -2.48. The van der Waals surface area contributed by atoms with Gasteiger partial charge >= 0.3 is 6.18 Å². The summed E-state index contributed by atoms with van der Waals surface area (Å²) in [6.45, 7) is 0.916. The van der Waals surface area contributed by atoms with Crippen LogP contribution in [0.3, 0.4) is 0 Å². The molecule has 144 valence electrons. The number of sulfonamides is 1. The lowest BCUT2D eigenvalue weighted by atomic mass is 10.1. The van der Waals surface area contributed by atoms with E-state index in [0.29, 0.717) is 11.3 Å². The van der Waals surface area contributed by atoms with E-state index in [1.807, 2.05) is 4.90 Å². The first-order valence-corrected chi connectivity index (χ1v) is 10.4. The Balaban J connectivity index is 1.78. The molecule has 0 radical (unpaired) electrons. The first-order chi connectivity index (χ1) is 12.8. The number of hydrogen-bond acceptors (Lipinski definition) is 3. The van der Waals surface area contributed by atoms with Crippen LogP contribution in [0.2, 0.25) is 0 Å². The molecule has 27 heavy (non-hydrogen) atoms. The Labute approximate surface area is 156 Å². The van der Waals surface area contributed by atoms with Crippen LogP contribution in [0.4, 0.5) is 24.5 Å². The maximum atomic E-state index is 13.2. The minimum atomic E-state index is -4.52. The summed E-state index contributed by atoms with van der Waals surface area (Å²) in [5, 5.41) is 0. The second kappa shape index (κ2) is 6.44. The summed E-state index contributed by atoms with van der Waals surface area (Å²) >= 11 is 0. The lowest BCUT2D eigenvalue weighted by Gasteiger charge is -2.40. The third kappa shape index (κ3) is 3.38. The molecule has 0 saturated carbocycles. The molecule has 1 fully saturated rings. The molecule has 0 amide bonds. The Morgan fingerprint density at radius 2 is 1.78 bits per heavy atom. The molecule has 2 aliphatic rings. The van der Waals surface area contributed by atoms with Crippen LogP contribution in [0.25, 0.3) is 0 Å². The molecule has 4 rings (SSSR count). The normalized spacial score (nSPS) is 19.7. The van der Waals surface area contributed by atoms with Crippen LogP contribution in [-0.4, -0.2) is 27.5 Å². The highest BCUT2D eigenvalue weighted by atomic mass is 32.2. The Morgan fingerprint density at radius 3 is 2.48 bits per heavy atom. The first-order valence-electron chi connectivity index (χ1n) is 8.78. The zero-order valence-corrected chi connectivity index (χ0v) is 15.3. The summed E-state index contributed by atoms with van der Waals surface area (Å²) in [4.78, 5) is 2.03. The molecule has 2 heterocycles. The van der Waals surface area contributed by atoms with Gasteiger partial charge in [0.25, 0.3) is 0 Å². The van der Waals surface area contributed by atoms with Gasteiger partial charge in [-0.1, -0.05) is 30.3 Å². The standard InChI is InChI=1S/C19H19F3N2O2S/c20-19(21,22)15-8-9-17-18(11-15)24(12-16-7-4-10-23(16)17)27(25,26)13-14-5-2-1-3-6-14/h1-3,5-6,8-9,11,16H,4,7,10,12-13H2. The maximum absolute atomic E-state index is 13.2. The van der Waals surface area contributed by atoms with E-state index in [-0.39, 0.29) is 24.0 Å². The van der Waals surface area contributed by atoms with E-state index >= 15 is 0 Å². The number of nitrogens with zero attached hydrogens (tertiary/aromatic N) is 2. The smallest absolute Gasteiger partial charge is 0.365 e. The van der Waals surface area contributed by atoms with Crippen LogP contribution in [0.1, 0.15) is 24.0 Å². The van der Waals surface area contributed by atoms with Crippen LogP contribution in [0.5, 0.6) is 0 Å². The van der Waals surface area contributed by atoms with Gasteiger partial charge in [-0.25, -0.2) is 8.42 Å². The van der Waals surface area contributed by atoms with Crippen LogP contribution < -0.4 is 9.21 Å². The molecule has 2 aromatic rings. The number of benzene rings is 2. The van der Waals surface area contributed by atoms with Crippen molar-refractivity contribution in [3.05, 3.63) is 59.7 Å². The summed E-state index contributed by atoms with van der Waals surface area (Å²) in [7, 11) is -3.81. The molecule has 0 spiro atoms. The van der Waals surface area contributed by atoms with Gasteiger partial charge in [0, 0.05) is 12.6 Å². The molecule has 0 N–H and O–H groups in total. The zero-order chi connectivity index (χ0) is 19.2. The Morgan fingerprint density at radius 1 is 1.04 bits per heavy atom. The molecule has 2 aromatic carbocycles. The van der Waals surface area contributed by atoms with Crippen molar-refractivity contribution in [2.45, 2.75) is 30.8 Å². The third-order valence-corrected chi connectivity index (χ3v) is 6.88. The summed E-state index contributed by atoms with van der Waals surface area (Å²) in [5.74, 6) is -0.240.